The van der Waals surface area contributed by atoms with Crippen molar-refractivity contribution in [1.82, 2.24) is 20.1 Å². The monoisotopic (exact) mass is 325 g/mol. The molecule has 1 aliphatic heterocycles. The molecule has 6 nitrogen and oxygen atoms in total. The normalized spacial score (nSPS) is 17.3. The predicted octanol–water partition coefficient (Wildman–Crippen LogP) is 2.84. The van der Waals surface area contributed by atoms with E-state index in [0.717, 1.165) is 54.4 Å². The largest absolute Gasteiger partial charge is 0.377 e. The molecule has 4 rings (SSSR count). The number of hydrogen-bond acceptors (Lipinski definition) is 4. The molecule has 0 radical (unpaired) electrons. The molecule has 1 aliphatic carbocycles. The molecule has 6 heteroatoms. The average Bonchev–Trinajstić information content (AvgIpc) is 3.11. The molecular formula is C18H23N5O. The highest BCUT2D eigenvalue weighted by atomic mass is 16.2. The fourth-order valence-electron chi connectivity index (χ4n) is 3.27. The second kappa shape index (κ2) is 6.26. The Bertz CT molecular complexity index is 744. The summed E-state index contributed by atoms with van der Waals surface area (Å²) >= 11 is 0. The molecule has 1 saturated heterocycles. The standard InChI is InChI=1S/C18H23N5O/c1-12-5-4-6-14(16(12)18(24)23-9-2-3-10-23)19-11-15-20-17(22-21-15)13-7-8-13/h4-6,13,19H,2-3,7-11H2,1H3,(H,20,21,22). The van der Waals surface area contributed by atoms with Gasteiger partial charge in [0.25, 0.3) is 5.91 Å². The summed E-state index contributed by atoms with van der Waals surface area (Å²) in [5.74, 6) is 2.41. The highest BCUT2D eigenvalue weighted by molar-refractivity contribution is 6.01. The number of benzene rings is 1. The van der Waals surface area contributed by atoms with Crippen molar-refractivity contribution in [2.24, 2.45) is 0 Å². The van der Waals surface area contributed by atoms with Crippen LogP contribution < -0.4 is 5.32 Å². The van der Waals surface area contributed by atoms with Gasteiger partial charge in [0.1, 0.15) is 5.82 Å². The van der Waals surface area contributed by atoms with Crippen LogP contribution in [0.15, 0.2) is 18.2 Å². The van der Waals surface area contributed by atoms with Gasteiger partial charge in [-0.25, -0.2) is 4.98 Å². The van der Waals surface area contributed by atoms with E-state index in [9.17, 15) is 4.79 Å². The Balaban J connectivity index is 1.51. The molecule has 2 heterocycles. The Morgan fingerprint density at radius 1 is 1.33 bits per heavy atom. The molecule has 2 aromatic rings. The maximum absolute atomic E-state index is 12.9. The molecule has 1 aromatic carbocycles. The number of nitrogens with one attached hydrogen (secondary N) is 2. The van der Waals surface area contributed by atoms with E-state index in [-0.39, 0.29) is 5.91 Å². The Labute approximate surface area is 141 Å². The van der Waals surface area contributed by atoms with Gasteiger partial charge in [-0.15, -0.1) is 0 Å². The predicted molar refractivity (Wildman–Crippen MR) is 92.0 cm³/mol. The molecular weight excluding hydrogens is 302 g/mol. The first kappa shape index (κ1) is 15.2. The van der Waals surface area contributed by atoms with Crippen LogP contribution in [0.5, 0.6) is 0 Å². The van der Waals surface area contributed by atoms with E-state index in [1.165, 1.54) is 12.8 Å². The molecule has 0 unspecified atom stereocenters. The molecule has 126 valence electrons. The third-order valence-electron chi connectivity index (χ3n) is 4.82. The van der Waals surface area contributed by atoms with Crippen molar-refractivity contribution in [2.45, 2.75) is 45.1 Å². The van der Waals surface area contributed by atoms with Crippen LogP contribution in [0.4, 0.5) is 5.69 Å². The molecule has 2 aliphatic rings. The van der Waals surface area contributed by atoms with Gasteiger partial charge in [0.15, 0.2) is 5.82 Å². The lowest BCUT2D eigenvalue weighted by molar-refractivity contribution is 0.0793. The number of aromatic amines is 1. The molecule has 0 atom stereocenters. The number of carbonyl (C=O) groups excluding carboxylic acids is 1. The Hall–Kier alpha value is -2.37. The van der Waals surface area contributed by atoms with Crippen molar-refractivity contribution in [1.29, 1.82) is 0 Å². The topological polar surface area (TPSA) is 73.9 Å². The number of anilines is 1. The van der Waals surface area contributed by atoms with Crippen molar-refractivity contribution in [3.63, 3.8) is 0 Å². The van der Waals surface area contributed by atoms with Crippen LogP contribution in [0, 0.1) is 6.92 Å². The SMILES string of the molecule is Cc1cccc(NCc2nc(C3CC3)n[nH]2)c1C(=O)N1CCCC1. The summed E-state index contributed by atoms with van der Waals surface area (Å²) in [6.07, 6.45) is 4.58. The highest BCUT2D eigenvalue weighted by Crippen LogP contribution is 2.37. The molecule has 0 bridgehead atoms. The maximum Gasteiger partial charge on any atom is 0.256 e. The van der Waals surface area contributed by atoms with Gasteiger partial charge in [-0.2, -0.15) is 5.10 Å². The van der Waals surface area contributed by atoms with Gasteiger partial charge in [0.2, 0.25) is 0 Å². The van der Waals surface area contributed by atoms with Gasteiger partial charge < -0.3 is 10.2 Å². The van der Waals surface area contributed by atoms with E-state index in [1.54, 1.807) is 0 Å². The summed E-state index contributed by atoms with van der Waals surface area (Å²) in [6, 6.07) is 5.94. The third kappa shape index (κ3) is 3.00. The van der Waals surface area contributed by atoms with E-state index >= 15 is 0 Å². The Morgan fingerprint density at radius 3 is 2.88 bits per heavy atom. The van der Waals surface area contributed by atoms with Gasteiger partial charge in [-0.05, 0) is 44.2 Å². The summed E-state index contributed by atoms with van der Waals surface area (Å²) in [5, 5.41) is 10.6. The summed E-state index contributed by atoms with van der Waals surface area (Å²) in [7, 11) is 0. The van der Waals surface area contributed by atoms with Crippen molar-refractivity contribution < 1.29 is 4.79 Å². The van der Waals surface area contributed by atoms with Crippen LogP contribution in [-0.4, -0.2) is 39.1 Å². The lowest BCUT2D eigenvalue weighted by atomic mass is 10.0. The Kier molecular flexibility index (Phi) is 3.96. The van der Waals surface area contributed by atoms with Crippen molar-refractivity contribution >= 4 is 11.6 Å². The zero-order valence-corrected chi connectivity index (χ0v) is 14.0. The smallest absolute Gasteiger partial charge is 0.256 e. The molecule has 2 fully saturated rings. The summed E-state index contributed by atoms with van der Waals surface area (Å²) in [5.41, 5.74) is 2.66. The summed E-state index contributed by atoms with van der Waals surface area (Å²) in [6.45, 7) is 4.26. The van der Waals surface area contributed by atoms with Gasteiger partial charge in [-0.3, -0.25) is 9.89 Å². The van der Waals surface area contributed by atoms with Crippen LogP contribution in [0.25, 0.3) is 0 Å². The third-order valence-corrected chi connectivity index (χ3v) is 4.82. The Morgan fingerprint density at radius 2 is 2.12 bits per heavy atom. The van der Waals surface area contributed by atoms with Crippen LogP contribution in [0.2, 0.25) is 0 Å². The number of carbonyl (C=O) groups is 1. The summed E-state index contributed by atoms with van der Waals surface area (Å²) < 4.78 is 0. The van der Waals surface area contributed by atoms with Crippen LogP contribution in [0.1, 0.15) is 59.2 Å². The van der Waals surface area contributed by atoms with Crippen LogP contribution >= 0.6 is 0 Å². The van der Waals surface area contributed by atoms with Gasteiger partial charge in [0, 0.05) is 24.7 Å². The van der Waals surface area contributed by atoms with Crippen LogP contribution in [-0.2, 0) is 6.54 Å². The van der Waals surface area contributed by atoms with Crippen LogP contribution in [0.3, 0.4) is 0 Å². The highest BCUT2D eigenvalue weighted by Gasteiger charge is 2.28. The number of hydrogen-bond donors (Lipinski definition) is 2. The lowest BCUT2D eigenvalue weighted by Crippen LogP contribution is -2.29. The van der Waals surface area contributed by atoms with Gasteiger partial charge in [0.05, 0.1) is 12.1 Å². The zero-order chi connectivity index (χ0) is 16.5. The second-order valence-corrected chi connectivity index (χ2v) is 6.76. The molecule has 2 N–H and O–H groups in total. The van der Waals surface area contributed by atoms with Crippen molar-refractivity contribution in [3.05, 3.63) is 41.0 Å². The van der Waals surface area contributed by atoms with E-state index in [0.29, 0.717) is 12.5 Å². The summed E-state index contributed by atoms with van der Waals surface area (Å²) in [4.78, 5) is 19.3. The van der Waals surface area contributed by atoms with Crippen molar-refractivity contribution in [3.8, 4) is 0 Å². The number of aromatic nitrogens is 3. The van der Waals surface area contributed by atoms with Gasteiger partial charge in [-0.1, -0.05) is 12.1 Å². The number of H-pyrrole nitrogens is 1. The lowest BCUT2D eigenvalue weighted by Gasteiger charge is -2.19. The maximum atomic E-state index is 12.9. The first-order chi connectivity index (χ1) is 11.7. The number of aryl methyl sites for hydroxylation is 1. The van der Waals surface area contributed by atoms with E-state index in [2.05, 4.69) is 20.5 Å². The quantitative estimate of drug-likeness (QED) is 0.886. The average molecular weight is 325 g/mol. The minimum atomic E-state index is 0.129. The molecule has 1 aromatic heterocycles. The molecule has 1 saturated carbocycles. The number of nitrogens with zero attached hydrogens (tertiary/aromatic N) is 3. The number of rotatable bonds is 5. The van der Waals surface area contributed by atoms with Crippen molar-refractivity contribution in [2.75, 3.05) is 18.4 Å². The minimum Gasteiger partial charge on any atom is -0.377 e. The fourth-order valence-corrected chi connectivity index (χ4v) is 3.27. The first-order valence-corrected chi connectivity index (χ1v) is 8.76. The van der Waals surface area contributed by atoms with E-state index in [1.807, 2.05) is 30.0 Å². The molecule has 24 heavy (non-hydrogen) atoms. The fraction of sp³-hybridized carbons (Fsp3) is 0.500. The molecule has 1 amide bonds. The molecule has 0 spiro atoms. The first-order valence-electron chi connectivity index (χ1n) is 8.76. The second-order valence-electron chi connectivity index (χ2n) is 6.76. The number of likely N-dealkylation sites (tertiary alicyclic amines) is 1. The zero-order valence-electron chi connectivity index (χ0n) is 14.0. The minimum absolute atomic E-state index is 0.129. The van der Waals surface area contributed by atoms with Gasteiger partial charge >= 0.3 is 0 Å². The van der Waals surface area contributed by atoms with E-state index in [4.69, 9.17) is 0 Å². The van der Waals surface area contributed by atoms with E-state index < -0.39 is 0 Å². The number of amides is 1.